The number of rotatable bonds is 2. The van der Waals surface area contributed by atoms with Crippen molar-refractivity contribution in [2.75, 3.05) is 12.3 Å². The predicted octanol–water partition coefficient (Wildman–Crippen LogP) is 0.304. The van der Waals surface area contributed by atoms with Crippen LogP contribution in [0.1, 0.15) is 5.69 Å². The number of pyridine rings is 1. The van der Waals surface area contributed by atoms with Crippen molar-refractivity contribution in [3.05, 3.63) is 23.8 Å². The van der Waals surface area contributed by atoms with Gasteiger partial charge in [0.1, 0.15) is 5.82 Å². The first-order valence-corrected chi connectivity index (χ1v) is 3.34. The van der Waals surface area contributed by atoms with Gasteiger partial charge in [0.15, 0.2) is 0 Å². The van der Waals surface area contributed by atoms with Crippen molar-refractivity contribution >= 4 is 5.69 Å². The van der Waals surface area contributed by atoms with E-state index in [1.165, 1.54) is 12.3 Å². The van der Waals surface area contributed by atoms with Crippen LogP contribution < -0.4 is 11.5 Å². The first kappa shape index (κ1) is 7.94. The van der Waals surface area contributed by atoms with Gasteiger partial charge >= 0.3 is 0 Å². The summed E-state index contributed by atoms with van der Waals surface area (Å²) in [4.78, 5) is 3.79. The molecule has 0 spiro atoms. The van der Waals surface area contributed by atoms with Crippen LogP contribution in [-0.4, -0.2) is 11.5 Å². The standard InChI is InChI=1S/C7H10FN3/c8-6-3-5(10)4-11-7(6)1-2-9/h3-4H,1-2,9-10H2. The van der Waals surface area contributed by atoms with E-state index in [0.29, 0.717) is 24.3 Å². The second kappa shape index (κ2) is 3.30. The van der Waals surface area contributed by atoms with Crippen LogP contribution >= 0.6 is 0 Å². The minimum atomic E-state index is -0.379. The van der Waals surface area contributed by atoms with Crippen molar-refractivity contribution < 1.29 is 4.39 Å². The van der Waals surface area contributed by atoms with Gasteiger partial charge in [0.2, 0.25) is 0 Å². The predicted molar refractivity (Wildman–Crippen MR) is 41.4 cm³/mol. The zero-order chi connectivity index (χ0) is 8.27. The number of hydrogen-bond acceptors (Lipinski definition) is 3. The van der Waals surface area contributed by atoms with E-state index in [1.54, 1.807) is 0 Å². The Balaban J connectivity index is 2.90. The number of nitrogens with zero attached hydrogens (tertiary/aromatic N) is 1. The highest BCUT2D eigenvalue weighted by molar-refractivity contribution is 5.35. The SMILES string of the molecule is NCCc1ncc(N)cc1F. The minimum Gasteiger partial charge on any atom is -0.397 e. The summed E-state index contributed by atoms with van der Waals surface area (Å²) in [5.41, 5.74) is 11.2. The van der Waals surface area contributed by atoms with Crippen LogP contribution in [0.15, 0.2) is 12.3 Å². The molecule has 1 aromatic rings. The molecule has 0 unspecified atom stereocenters. The molecule has 1 heterocycles. The van der Waals surface area contributed by atoms with Gasteiger partial charge in [-0.05, 0) is 6.54 Å². The number of nitrogens with two attached hydrogens (primary N) is 2. The average molecular weight is 155 g/mol. The molecule has 0 aromatic carbocycles. The lowest BCUT2D eigenvalue weighted by Crippen LogP contribution is -2.06. The molecule has 3 nitrogen and oxygen atoms in total. The zero-order valence-corrected chi connectivity index (χ0v) is 6.05. The molecule has 1 aromatic heterocycles. The Kier molecular flexibility index (Phi) is 2.38. The molecule has 0 saturated carbocycles. The lowest BCUT2D eigenvalue weighted by Gasteiger charge is -1.99. The molecule has 4 heteroatoms. The van der Waals surface area contributed by atoms with E-state index in [0.717, 1.165) is 0 Å². The minimum absolute atomic E-state index is 0.336. The Bertz CT molecular complexity index is 249. The number of halogens is 1. The maximum Gasteiger partial charge on any atom is 0.146 e. The van der Waals surface area contributed by atoms with Gasteiger partial charge in [-0.2, -0.15) is 0 Å². The number of nitrogen functional groups attached to an aromatic ring is 1. The lowest BCUT2D eigenvalue weighted by molar-refractivity contribution is 0.599. The molecule has 0 aliphatic heterocycles. The van der Waals surface area contributed by atoms with Gasteiger partial charge in [0.05, 0.1) is 17.6 Å². The summed E-state index contributed by atoms with van der Waals surface area (Å²) in [6.07, 6.45) is 1.88. The third-order valence-corrected chi connectivity index (χ3v) is 1.32. The fraction of sp³-hybridized carbons (Fsp3) is 0.286. The van der Waals surface area contributed by atoms with Gasteiger partial charge in [-0.1, -0.05) is 0 Å². The Morgan fingerprint density at radius 3 is 2.82 bits per heavy atom. The quantitative estimate of drug-likeness (QED) is 0.645. The second-order valence-corrected chi connectivity index (χ2v) is 2.24. The van der Waals surface area contributed by atoms with E-state index in [1.807, 2.05) is 0 Å². The molecule has 0 saturated heterocycles. The number of aromatic nitrogens is 1. The maximum atomic E-state index is 12.8. The normalized spacial score (nSPS) is 10.0. The van der Waals surface area contributed by atoms with Gasteiger partial charge in [-0.25, -0.2) is 4.39 Å². The monoisotopic (exact) mass is 155 g/mol. The second-order valence-electron chi connectivity index (χ2n) is 2.24. The topological polar surface area (TPSA) is 64.9 Å². The van der Waals surface area contributed by atoms with Gasteiger partial charge in [0, 0.05) is 12.5 Å². The largest absolute Gasteiger partial charge is 0.397 e. The van der Waals surface area contributed by atoms with E-state index < -0.39 is 0 Å². The summed E-state index contributed by atoms with van der Waals surface area (Å²) in [6, 6.07) is 1.25. The van der Waals surface area contributed by atoms with Gasteiger partial charge in [-0.3, -0.25) is 4.98 Å². The van der Waals surface area contributed by atoms with Crippen LogP contribution in [0, 0.1) is 5.82 Å². The van der Waals surface area contributed by atoms with E-state index in [-0.39, 0.29) is 5.82 Å². The molecule has 1 rings (SSSR count). The third-order valence-electron chi connectivity index (χ3n) is 1.32. The van der Waals surface area contributed by atoms with Gasteiger partial charge < -0.3 is 11.5 Å². The van der Waals surface area contributed by atoms with Crippen LogP contribution in [0.4, 0.5) is 10.1 Å². The maximum absolute atomic E-state index is 12.8. The molecule has 4 N–H and O–H groups in total. The molecular formula is C7H10FN3. The molecule has 0 aliphatic rings. The van der Waals surface area contributed by atoms with Crippen LogP contribution in [0.5, 0.6) is 0 Å². The average Bonchev–Trinajstić information content (AvgIpc) is 1.95. The fourth-order valence-corrected chi connectivity index (χ4v) is 0.802. The van der Waals surface area contributed by atoms with Crippen molar-refractivity contribution in [1.29, 1.82) is 0 Å². The molecule has 60 valence electrons. The molecule has 11 heavy (non-hydrogen) atoms. The summed E-state index contributed by atoms with van der Waals surface area (Å²) in [5, 5.41) is 0. The summed E-state index contributed by atoms with van der Waals surface area (Å²) < 4.78 is 12.8. The van der Waals surface area contributed by atoms with Gasteiger partial charge in [-0.15, -0.1) is 0 Å². The highest BCUT2D eigenvalue weighted by Gasteiger charge is 2.01. The number of hydrogen-bond donors (Lipinski definition) is 2. The molecule has 0 amide bonds. The summed E-state index contributed by atoms with van der Waals surface area (Å²) in [7, 11) is 0. The van der Waals surface area contributed by atoms with Crippen molar-refractivity contribution in [1.82, 2.24) is 4.98 Å². The van der Waals surface area contributed by atoms with Crippen LogP contribution in [0.25, 0.3) is 0 Å². The lowest BCUT2D eigenvalue weighted by atomic mass is 10.2. The van der Waals surface area contributed by atoms with Crippen molar-refractivity contribution in [3.63, 3.8) is 0 Å². The summed E-state index contributed by atoms with van der Waals surface area (Å²) in [5.74, 6) is -0.379. The van der Waals surface area contributed by atoms with Crippen molar-refractivity contribution in [2.45, 2.75) is 6.42 Å². The number of anilines is 1. The molecule has 0 radical (unpaired) electrons. The smallest absolute Gasteiger partial charge is 0.146 e. The van der Waals surface area contributed by atoms with Crippen LogP contribution in [-0.2, 0) is 6.42 Å². The van der Waals surface area contributed by atoms with E-state index in [2.05, 4.69) is 4.98 Å². The Morgan fingerprint density at radius 1 is 1.55 bits per heavy atom. The third kappa shape index (κ3) is 1.88. The molecule has 0 fully saturated rings. The molecule has 0 atom stereocenters. The molecule has 0 bridgehead atoms. The first-order valence-electron chi connectivity index (χ1n) is 3.34. The first-order chi connectivity index (χ1) is 5.24. The summed E-state index contributed by atoms with van der Waals surface area (Å²) >= 11 is 0. The molecular weight excluding hydrogens is 145 g/mol. The van der Waals surface area contributed by atoms with Crippen LogP contribution in [0.3, 0.4) is 0 Å². The molecule has 0 aliphatic carbocycles. The van der Waals surface area contributed by atoms with E-state index in [9.17, 15) is 4.39 Å². The Morgan fingerprint density at radius 2 is 2.27 bits per heavy atom. The fourth-order valence-electron chi connectivity index (χ4n) is 0.802. The van der Waals surface area contributed by atoms with Crippen molar-refractivity contribution in [2.24, 2.45) is 5.73 Å². The Labute approximate surface area is 64.2 Å². The zero-order valence-electron chi connectivity index (χ0n) is 6.05. The summed E-state index contributed by atoms with van der Waals surface area (Å²) in [6.45, 7) is 0.397. The highest BCUT2D eigenvalue weighted by Crippen LogP contribution is 2.07. The van der Waals surface area contributed by atoms with Crippen LogP contribution in [0.2, 0.25) is 0 Å². The van der Waals surface area contributed by atoms with E-state index >= 15 is 0 Å². The Hall–Kier alpha value is -1.16. The highest BCUT2D eigenvalue weighted by atomic mass is 19.1. The van der Waals surface area contributed by atoms with Crippen molar-refractivity contribution in [3.8, 4) is 0 Å². The van der Waals surface area contributed by atoms with E-state index in [4.69, 9.17) is 11.5 Å². The van der Waals surface area contributed by atoms with Gasteiger partial charge in [0.25, 0.3) is 0 Å².